The maximum Gasteiger partial charge on any atom is 0.351 e. The maximum absolute atomic E-state index is 12.3. The molecule has 2 heterocycles. The standard InChI is InChI=1S/C20H19N5O4/c1-12-6-2-3-7-13(12)22-20-24-17(23-19(21)25-20)11-28-18(26)16-10-27-14-8-4-5-9-15(14)29-16/h2-9,16H,10-11H2,1H3,(H3,21,22,23,24,25)/t16-/m0/s1. The van der Waals surface area contributed by atoms with Gasteiger partial charge in [0.15, 0.2) is 23.9 Å². The molecule has 3 aromatic rings. The fourth-order valence-corrected chi connectivity index (χ4v) is 2.76. The number of hydrogen-bond acceptors (Lipinski definition) is 9. The molecule has 29 heavy (non-hydrogen) atoms. The number of carbonyl (C=O) groups is 1. The summed E-state index contributed by atoms with van der Waals surface area (Å²) in [6.07, 6.45) is -0.867. The number of benzene rings is 2. The van der Waals surface area contributed by atoms with Gasteiger partial charge in [-0.05, 0) is 30.7 Å². The van der Waals surface area contributed by atoms with Gasteiger partial charge in [0.2, 0.25) is 18.0 Å². The van der Waals surface area contributed by atoms with Crippen molar-refractivity contribution in [2.45, 2.75) is 19.6 Å². The van der Waals surface area contributed by atoms with E-state index in [0.29, 0.717) is 11.5 Å². The average Bonchev–Trinajstić information content (AvgIpc) is 2.73. The molecular formula is C20H19N5O4. The molecule has 0 bridgehead atoms. The predicted octanol–water partition coefficient (Wildman–Crippen LogP) is 2.39. The van der Waals surface area contributed by atoms with E-state index >= 15 is 0 Å². The minimum atomic E-state index is -0.867. The Bertz CT molecular complexity index is 1040. The summed E-state index contributed by atoms with van der Waals surface area (Å²) in [5.74, 6) is 1.02. The average molecular weight is 393 g/mol. The van der Waals surface area contributed by atoms with Crippen LogP contribution in [0.1, 0.15) is 11.4 Å². The Labute approximate surface area is 166 Å². The number of hydrogen-bond donors (Lipinski definition) is 2. The number of nitrogens with two attached hydrogens (primary N) is 1. The summed E-state index contributed by atoms with van der Waals surface area (Å²) in [6.45, 7) is 1.85. The summed E-state index contributed by atoms with van der Waals surface area (Å²) < 4.78 is 16.4. The summed E-state index contributed by atoms with van der Waals surface area (Å²) in [7, 11) is 0. The van der Waals surface area contributed by atoms with Gasteiger partial charge in [-0.25, -0.2) is 4.79 Å². The fraction of sp³-hybridized carbons (Fsp3) is 0.200. The molecular weight excluding hydrogens is 374 g/mol. The van der Waals surface area contributed by atoms with Crippen LogP contribution in [0, 0.1) is 6.92 Å². The number of para-hydroxylation sites is 3. The van der Waals surface area contributed by atoms with Gasteiger partial charge in [0.25, 0.3) is 0 Å². The number of anilines is 3. The van der Waals surface area contributed by atoms with Crippen LogP contribution in [-0.4, -0.2) is 33.6 Å². The van der Waals surface area contributed by atoms with Crippen molar-refractivity contribution in [3.8, 4) is 11.5 Å². The van der Waals surface area contributed by atoms with Crippen molar-refractivity contribution in [1.82, 2.24) is 15.0 Å². The molecule has 148 valence electrons. The SMILES string of the molecule is Cc1ccccc1Nc1nc(N)nc(COC(=O)[C@@H]2COc3ccccc3O2)n1. The largest absolute Gasteiger partial charge is 0.485 e. The first-order valence-corrected chi connectivity index (χ1v) is 8.97. The minimum Gasteiger partial charge on any atom is -0.485 e. The second-order valence-electron chi connectivity index (χ2n) is 6.35. The minimum absolute atomic E-state index is 0.0216. The third kappa shape index (κ3) is 4.34. The van der Waals surface area contributed by atoms with E-state index in [0.717, 1.165) is 11.3 Å². The third-order valence-electron chi connectivity index (χ3n) is 4.21. The summed E-state index contributed by atoms with van der Waals surface area (Å²) in [5.41, 5.74) is 7.63. The highest BCUT2D eigenvalue weighted by Crippen LogP contribution is 2.31. The van der Waals surface area contributed by atoms with E-state index in [1.165, 1.54) is 0 Å². The van der Waals surface area contributed by atoms with E-state index in [1.54, 1.807) is 18.2 Å². The molecule has 0 aliphatic carbocycles. The first kappa shape index (κ1) is 18.5. The van der Waals surface area contributed by atoms with Gasteiger partial charge in [-0.15, -0.1) is 0 Å². The lowest BCUT2D eigenvalue weighted by atomic mass is 10.2. The van der Waals surface area contributed by atoms with Gasteiger partial charge < -0.3 is 25.3 Å². The summed E-state index contributed by atoms with van der Waals surface area (Å²) >= 11 is 0. The molecule has 9 nitrogen and oxygen atoms in total. The number of nitrogens with one attached hydrogen (secondary N) is 1. The lowest BCUT2D eigenvalue weighted by Crippen LogP contribution is -2.37. The molecule has 1 aliphatic rings. The Kier molecular flexibility index (Phi) is 5.10. The van der Waals surface area contributed by atoms with Crippen LogP contribution in [0.25, 0.3) is 0 Å². The van der Waals surface area contributed by atoms with Gasteiger partial charge in [-0.2, -0.15) is 15.0 Å². The zero-order valence-electron chi connectivity index (χ0n) is 15.7. The molecule has 0 saturated heterocycles. The Morgan fingerprint density at radius 2 is 1.90 bits per heavy atom. The monoisotopic (exact) mass is 393 g/mol. The second kappa shape index (κ2) is 8.01. The number of ether oxygens (including phenoxy) is 3. The smallest absolute Gasteiger partial charge is 0.351 e. The zero-order valence-corrected chi connectivity index (χ0v) is 15.7. The lowest BCUT2D eigenvalue weighted by Gasteiger charge is -2.24. The molecule has 1 aliphatic heterocycles. The number of aromatic nitrogens is 3. The number of esters is 1. The maximum atomic E-state index is 12.3. The van der Waals surface area contributed by atoms with Crippen molar-refractivity contribution < 1.29 is 19.0 Å². The molecule has 2 aromatic carbocycles. The van der Waals surface area contributed by atoms with Crippen LogP contribution < -0.4 is 20.5 Å². The highest BCUT2D eigenvalue weighted by molar-refractivity contribution is 5.76. The fourth-order valence-electron chi connectivity index (χ4n) is 2.76. The van der Waals surface area contributed by atoms with Crippen molar-refractivity contribution in [2.75, 3.05) is 17.7 Å². The quantitative estimate of drug-likeness (QED) is 0.629. The molecule has 9 heteroatoms. The molecule has 0 radical (unpaired) electrons. The highest BCUT2D eigenvalue weighted by Gasteiger charge is 2.28. The van der Waals surface area contributed by atoms with Gasteiger partial charge >= 0.3 is 5.97 Å². The van der Waals surface area contributed by atoms with E-state index in [2.05, 4.69) is 20.3 Å². The van der Waals surface area contributed by atoms with Gasteiger partial charge in [-0.3, -0.25) is 0 Å². The van der Waals surface area contributed by atoms with Crippen molar-refractivity contribution in [1.29, 1.82) is 0 Å². The molecule has 0 spiro atoms. The normalized spacial score (nSPS) is 14.9. The summed E-state index contributed by atoms with van der Waals surface area (Å²) in [4.78, 5) is 24.7. The Morgan fingerprint density at radius 3 is 2.72 bits per heavy atom. The number of carbonyl (C=O) groups excluding carboxylic acids is 1. The third-order valence-corrected chi connectivity index (χ3v) is 4.21. The van der Waals surface area contributed by atoms with E-state index in [4.69, 9.17) is 19.9 Å². The summed E-state index contributed by atoms with van der Waals surface area (Å²) in [5, 5.41) is 3.09. The van der Waals surface area contributed by atoms with Gasteiger partial charge in [-0.1, -0.05) is 30.3 Å². The zero-order chi connectivity index (χ0) is 20.2. The van der Waals surface area contributed by atoms with Crippen LogP contribution in [0.15, 0.2) is 48.5 Å². The first-order valence-electron chi connectivity index (χ1n) is 8.97. The Hall–Kier alpha value is -3.88. The van der Waals surface area contributed by atoms with Gasteiger partial charge in [0.1, 0.15) is 6.61 Å². The molecule has 4 rings (SSSR count). The number of fused-ring (bicyclic) bond motifs is 1. The number of nitrogens with zero attached hydrogens (tertiary/aromatic N) is 3. The molecule has 0 amide bonds. The predicted molar refractivity (Wildman–Crippen MR) is 105 cm³/mol. The first-order chi connectivity index (χ1) is 14.1. The molecule has 1 atom stereocenters. The Balaban J connectivity index is 1.40. The van der Waals surface area contributed by atoms with Crippen LogP contribution in [0.3, 0.4) is 0 Å². The van der Waals surface area contributed by atoms with Gasteiger partial charge in [0.05, 0.1) is 0 Å². The number of rotatable bonds is 5. The summed E-state index contributed by atoms with van der Waals surface area (Å²) in [6, 6.07) is 14.8. The van der Waals surface area contributed by atoms with Crippen LogP contribution in [0.2, 0.25) is 0 Å². The molecule has 3 N–H and O–H groups in total. The van der Waals surface area contributed by atoms with Crippen LogP contribution in [0.4, 0.5) is 17.6 Å². The molecule has 0 unspecified atom stereocenters. The highest BCUT2D eigenvalue weighted by atomic mass is 16.6. The van der Waals surface area contributed by atoms with Crippen molar-refractivity contribution >= 4 is 23.6 Å². The molecule has 0 saturated carbocycles. The topological polar surface area (TPSA) is 121 Å². The van der Waals surface area contributed by atoms with Crippen LogP contribution in [0.5, 0.6) is 11.5 Å². The van der Waals surface area contributed by atoms with Gasteiger partial charge in [0, 0.05) is 5.69 Å². The van der Waals surface area contributed by atoms with Crippen LogP contribution in [-0.2, 0) is 16.1 Å². The Morgan fingerprint density at radius 1 is 1.14 bits per heavy atom. The van der Waals surface area contributed by atoms with E-state index in [9.17, 15) is 4.79 Å². The van der Waals surface area contributed by atoms with Crippen molar-refractivity contribution in [3.63, 3.8) is 0 Å². The van der Waals surface area contributed by atoms with Crippen molar-refractivity contribution in [3.05, 3.63) is 59.9 Å². The molecule has 0 fully saturated rings. The second-order valence-corrected chi connectivity index (χ2v) is 6.35. The van der Waals surface area contributed by atoms with E-state index in [1.807, 2.05) is 37.3 Å². The van der Waals surface area contributed by atoms with Crippen molar-refractivity contribution in [2.24, 2.45) is 0 Å². The van der Waals surface area contributed by atoms with Crippen LogP contribution >= 0.6 is 0 Å². The van der Waals surface area contributed by atoms with E-state index < -0.39 is 12.1 Å². The number of nitrogen functional groups attached to an aromatic ring is 1. The number of aryl methyl sites for hydroxylation is 1. The van der Waals surface area contributed by atoms with E-state index in [-0.39, 0.29) is 30.9 Å². The molecule has 1 aromatic heterocycles. The lowest BCUT2D eigenvalue weighted by molar-refractivity contribution is -0.156.